The molecule has 0 aromatic rings. The quantitative estimate of drug-likeness (QED) is 0.671. The summed E-state index contributed by atoms with van der Waals surface area (Å²) in [6, 6.07) is 0. The zero-order valence-electron chi connectivity index (χ0n) is 12.0. The highest BCUT2D eigenvalue weighted by Crippen LogP contribution is 2.42. The lowest BCUT2D eigenvalue weighted by Crippen LogP contribution is -2.31. The molecule has 0 amide bonds. The molecule has 2 atom stereocenters. The fourth-order valence-electron chi connectivity index (χ4n) is 3.22. The van der Waals surface area contributed by atoms with Crippen molar-refractivity contribution in [2.45, 2.75) is 59.3 Å². The first-order valence-corrected chi connectivity index (χ1v) is 7.40. The van der Waals surface area contributed by atoms with Gasteiger partial charge in [-0.05, 0) is 56.0 Å². The fourth-order valence-corrected chi connectivity index (χ4v) is 3.22. The molecule has 0 saturated heterocycles. The van der Waals surface area contributed by atoms with Crippen molar-refractivity contribution < 1.29 is 5.11 Å². The highest BCUT2D eigenvalue weighted by Gasteiger charge is 2.31. The molecule has 2 unspecified atom stereocenters. The van der Waals surface area contributed by atoms with Gasteiger partial charge in [-0.25, -0.2) is 0 Å². The summed E-state index contributed by atoms with van der Waals surface area (Å²) >= 11 is 0. The van der Waals surface area contributed by atoms with Crippen molar-refractivity contribution in [3.8, 4) is 0 Å². The van der Waals surface area contributed by atoms with Crippen LogP contribution in [0.25, 0.3) is 0 Å². The zero-order chi connectivity index (χ0) is 12.7. The lowest BCUT2D eigenvalue weighted by molar-refractivity contribution is 0.0888. The summed E-state index contributed by atoms with van der Waals surface area (Å²) in [5.41, 5.74) is 0.493. The van der Waals surface area contributed by atoms with E-state index in [0.29, 0.717) is 17.9 Å². The molecular formula is C15H31NO. The predicted octanol–water partition coefficient (Wildman–Crippen LogP) is 3.20. The minimum atomic E-state index is 0.370. The number of hydrogen-bond donors (Lipinski definition) is 2. The van der Waals surface area contributed by atoms with Crippen LogP contribution in [-0.2, 0) is 0 Å². The van der Waals surface area contributed by atoms with Gasteiger partial charge >= 0.3 is 0 Å². The standard InChI is InChI=1S/C15H31NO/c1-4-9-16-10-7-14(12-17)13-6-5-8-15(2,3)11-13/h13-14,16-17H,4-12H2,1-3H3. The van der Waals surface area contributed by atoms with Crippen LogP contribution in [0.4, 0.5) is 0 Å². The monoisotopic (exact) mass is 241 g/mol. The number of aliphatic hydroxyl groups excluding tert-OH is 1. The topological polar surface area (TPSA) is 32.3 Å². The van der Waals surface area contributed by atoms with Crippen molar-refractivity contribution in [1.82, 2.24) is 5.32 Å². The molecule has 2 heteroatoms. The van der Waals surface area contributed by atoms with Crippen LogP contribution in [0.2, 0.25) is 0 Å². The summed E-state index contributed by atoms with van der Waals surface area (Å²) in [6.45, 7) is 9.49. The number of rotatable bonds is 7. The number of hydrogen-bond acceptors (Lipinski definition) is 2. The maximum absolute atomic E-state index is 9.58. The largest absolute Gasteiger partial charge is 0.396 e. The summed E-state index contributed by atoms with van der Waals surface area (Å²) in [4.78, 5) is 0. The Balaban J connectivity index is 2.33. The Kier molecular flexibility index (Phi) is 6.50. The second kappa shape index (κ2) is 7.38. The Morgan fingerprint density at radius 3 is 2.71 bits per heavy atom. The van der Waals surface area contributed by atoms with Gasteiger partial charge in [0.2, 0.25) is 0 Å². The fraction of sp³-hybridized carbons (Fsp3) is 1.00. The summed E-state index contributed by atoms with van der Waals surface area (Å²) < 4.78 is 0. The first-order valence-electron chi connectivity index (χ1n) is 7.40. The molecule has 0 aromatic carbocycles. The van der Waals surface area contributed by atoms with Crippen molar-refractivity contribution in [1.29, 1.82) is 0 Å². The Labute approximate surface area is 107 Å². The first kappa shape index (κ1) is 15.0. The summed E-state index contributed by atoms with van der Waals surface area (Å²) in [5, 5.41) is 13.0. The minimum Gasteiger partial charge on any atom is -0.396 e. The van der Waals surface area contributed by atoms with Crippen molar-refractivity contribution in [3.63, 3.8) is 0 Å². The molecule has 0 spiro atoms. The molecule has 0 heterocycles. The molecule has 0 aromatic heterocycles. The molecule has 0 bridgehead atoms. The highest BCUT2D eigenvalue weighted by molar-refractivity contribution is 4.83. The van der Waals surface area contributed by atoms with E-state index in [1.54, 1.807) is 0 Å². The van der Waals surface area contributed by atoms with E-state index in [9.17, 15) is 5.11 Å². The molecule has 2 nitrogen and oxygen atoms in total. The first-order chi connectivity index (χ1) is 8.09. The Hall–Kier alpha value is -0.0800. The van der Waals surface area contributed by atoms with Crippen LogP contribution < -0.4 is 5.32 Å². The van der Waals surface area contributed by atoms with E-state index >= 15 is 0 Å². The average Bonchev–Trinajstić information content (AvgIpc) is 2.28. The van der Waals surface area contributed by atoms with Gasteiger partial charge in [-0.2, -0.15) is 0 Å². The average molecular weight is 241 g/mol. The van der Waals surface area contributed by atoms with Crippen molar-refractivity contribution >= 4 is 0 Å². The molecule has 17 heavy (non-hydrogen) atoms. The van der Waals surface area contributed by atoms with Crippen molar-refractivity contribution in [2.24, 2.45) is 17.3 Å². The molecule has 1 saturated carbocycles. The van der Waals surface area contributed by atoms with Gasteiger partial charge in [-0.15, -0.1) is 0 Å². The van der Waals surface area contributed by atoms with Gasteiger partial charge in [0.05, 0.1) is 0 Å². The van der Waals surface area contributed by atoms with Gasteiger partial charge in [0, 0.05) is 6.61 Å². The van der Waals surface area contributed by atoms with Gasteiger partial charge < -0.3 is 10.4 Å². The molecule has 1 fully saturated rings. The third-order valence-electron chi connectivity index (χ3n) is 4.26. The molecule has 1 aliphatic carbocycles. The summed E-state index contributed by atoms with van der Waals surface area (Å²) in [7, 11) is 0. The Morgan fingerprint density at radius 2 is 2.12 bits per heavy atom. The predicted molar refractivity (Wildman–Crippen MR) is 74.1 cm³/mol. The number of nitrogens with one attached hydrogen (secondary N) is 1. The molecule has 0 radical (unpaired) electrons. The third-order valence-corrected chi connectivity index (χ3v) is 4.26. The van der Waals surface area contributed by atoms with E-state index in [1.165, 1.54) is 32.1 Å². The van der Waals surface area contributed by atoms with E-state index in [0.717, 1.165) is 25.4 Å². The van der Waals surface area contributed by atoms with E-state index in [-0.39, 0.29) is 0 Å². The van der Waals surface area contributed by atoms with E-state index < -0.39 is 0 Å². The molecule has 0 aliphatic heterocycles. The SMILES string of the molecule is CCCNCCC(CO)C1CCCC(C)(C)C1. The van der Waals surface area contributed by atoms with Crippen molar-refractivity contribution in [2.75, 3.05) is 19.7 Å². The second-order valence-corrected chi connectivity index (χ2v) is 6.50. The minimum absolute atomic E-state index is 0.370. The highest BCUT2D eigenvalue weighted by atomic mass is 16.3. The van der Waals surface area contributed by atoms with Gasteiger partial charge in [0.25, 0.3) is 0 Å². The van der Waals surface area contributed by atoms with E-state index in [1.807, 2.05) is 0 Å². The summed E-state index contributed by atoms with van der Waals surface area (Å²) in [6.07, 6.45) is 7.65. The van der Waals surface area contributed by atoms with Gasteiger partial charge in [0.1, 0.15) is 0 Å². The van der Waals surface area contributed by atoms with Crippen LogP contribution in [0.3, 0.4) is 0 Å². The molecule has 102 valence electrons. The smallest absolute Gasteiger partial charge is 0.0462 e. The van der Waals surface area contributed by atoms with Crippen LogP contribution in [0.1, 0.15) is 59.3 Å². The normalized spacial score (nSPS) is 25.8. The maximum atomic E-state index is 9.58. The van der Waals surface area contributed by atoms with Crippen LogP contribution in [0, 0.1) is 17.3 Å². The van der Waals surface area contributed by atoms with Crippen molar-refractivity contribution in [3.05, 3.63) is 0 Å². The summed E-state index contributed by atoms with van der Waals surface area (Å²) in [5.74, 6) is 1.26. The number of aliphatic hydroxyl groups is 1. The van der Waals surface area contributed by atoms with Gasteiger partial charge in [0.15, 0.2) is 0 Å². The van der Waals surface area contributed by atoms with E-state index in [4.69, 9.17) is 0 Å². The van der Waals surface area contributed by atoms with E-state index in [2.05, 4.69) is 26.1 Å². The molecule has 2 N–H and O–H groups in total. The molecular weight excluding hydrogens is 210 g/mol. The Bertz CT molecular complexity index is 203. The zero-order valence-corrected chi connectivity index (χ0v) is 12.0. The maximum Gasteiger partial charge on any atom is 0.0462 e. The van der Waals surface area contributed by atoms with Crippen LogP contribution in [-0.4, -0.2) is 24.8 Å². The third kappa shape index (κ3) is 5.39. The molecule has 1 rings (SSSR count). The van der Waals surface area contributed by atoms with Crippen LogP contribution in [0.5, 0.6) is 0 Å². The lowest BCUT2D eigenvalue weighted by Gasteiger charge is -2.38. The van der Waals surface area contributed by atoms with Gasteiger partial charge in [-0.1, -0.05) is 33.6 Å². The molecule has 1 aliphatic rings. The Morgan fingerprint density at radius 1 is 1.35 bits per heavy atom. The second-order valence-electron chi connectivity index (χ2n) is 6.50. The van der Waals surface area contributed by atoms with Gasteiger partial charge in [-0.3, -0.25) is 0 Å². The van der Waals surface area contributed by atoms with Crippen LogP contribution >= 0.6 is 0 Å². The van der Waals surface area contributed by atoms with Crippen LogP contribution in [0.15, 0.2) is 0 Å². The lowest BCUT2D eigenvalue weighted by atomic mass is 9.68.